The van der Waals surface area contributed by atoms with E-state index in [1.54, 1.807) is 18.2 Å². The Bertz CT molecular complexity index is 736. The number of esters is 1. The van der Waals surface area contributed by atoms with Gasteiger partial charge in [-0.2, -0.15) is 5.26 Å². The molecule has 0 spiro atoms. The van der Waals surface area contributed by atoms with Gasteiger partial charge in [-0.25, -0.2) is 0 Å². The monoisotopic (exact) mass is 319 g/mol. The summed E-state index contributed by atoms with van der Waals surface area (Å²) in [6.07, 6.45) is 0.536. The average molecular weight is 320 g/mol. The van der Waals surface area contributed by atoms with E-state index < -0.39 is 5.97 Å². The van der Waals surface area contributed by atoms with Gasteiger partial charge in [-0.3, -0.25) is 4.79 Å². The zero-order chi connectivity index (χ0) is 15.4. The van der Waals surface area contributed by atoms with Gasteiger partial charge < -0.3 is 4.74 Å². The van der Waals surface area contributed by atoms with Gasteiger partial charge in [0, 0.05) is 11.9 Å². The summed E-state index contributed by atoms with van der Waals surface area (Å²) in [5.41, 5.74) is 1.97. The Labute approximate surface area is 132 Å². The zero-order valence-electron chi connectivity index (χ0n) is 11.2. The van der Waals surface area contributed by atoms with E-state index in [0.29, 0.717) is 11.4 Å². The van der Waals surface area contributed by atoms with Crippen LogP contribution in [0.4, 0.5) is 0 Å². The molecule has 21 heavy (non-hydrogen) atoms. The van der Waals surface area contributed by atoms with Gasteiger partial charge in [0.2, 0.25) is 0 Å². The largest absolute Gasteiger partial charge is 0.424 e. The molecule has 2 aromatic rings. The van der Waals surface area contributed by atoms with Gasteiger partial charge in [0.25, 0.3) is 0 Å². The van der Waals surface area contributed by atoms with E-state index in [1.165, 1.54) is 6.92 Å². The Balaban J connectivity index is 2.39. The average Bonchev–Trinajstić information content (AvgIpc) is 2.43. The van der Waals surface area contributed by atoms with Gasteiger partial charge in [-0.15, -0.1) is 0 Å². The number of halogens is 2. The Morgan fingerprint density at radius 2 is 1.95 bits per heavy atom. The molecule has 0 N–H and O–H groups in total. The zero-order valence-corrected chi connectivity index (χ0v) is 12.7. The molecule has 0 aromatic heterocycles. The lowest BCUT2D eigenvalue weighted by atomic mass is 10.0. The Morgan fingerprint density at radius 3 is 2.57 bits per heavy atom. The first kappa shape index (κ1) is 15.4. The highest BCUT2D eigenvalue weighted by Crippen LogP contribution is 2.31. The minimum Gasteiger partial charge on any atom is -0.424 e. The number of nitrogens with zero attached hydrogens (tertiary/aromatic N) is 1. The number of carbonyl (C=O) groups is 1. The van der Waals surface area contributed by atoms with Crippen LogP contribution in [0.25, 0.3) is 0 Å². The number of ether oxygens (including phenoxy) is 1. The topological polar surface area (TPSA) is 50.1 Å². The first-order valence-corrected chi connectivity index (χ1v) is 6.91. The fourth-order valence-corrected chi connectivity index (χ4v) is 2.43. The van der Waals surface area contributed by atoms with Crippen LogP contribution in [-0.4, -0.2) is 5.97 Å². The van der Waals surface area contributed by atoms with Crippen molar-refractivity contribution >= 4 is 29.2 Å². The molecule has 0 atom stereocenters. The molecule has 0 aliphatic rings. The highest BCUT2D eigenvalue weighted by molar-refractivity contribution is 6.32. The molecule has 0 saturated carbocycles. The molecule has 0 aliphatic carbocycles. The lowest BCUT2D eigenvalue weighted by Crippen LogP contribution is -2.04. The van der Waals surface area contributed by atoms with E-state index in [9.17, 15) is 10.1 Å². The molecule has 0 bridgehead atoms. The van der Waals surface area contributed by atoms with Crippen LogP contribution >= 0.6 is 23.2 Å². The SMILES string of the molecule is CC(=O)Oc1c(Cl)cc(Cc2ccccc2Cl)cc1C#N. The first-order chi connectivity index (χ1) is 10.0. The van der Waals surface area contributed by atoms with Crippen LogP contribution in [0.2, 0.25) is 10.0 Å². The normalized spacial score (nSPS) is 10.0. The van der Waals surface area contributed by atoms with Crippen LogP contribution in [0.1, 0.15) is 23.6 Å². The van der Waals surface area contributed by atoms with Crippen molar-refractivity contribution in [3.63, 3.8) is 0 Å². The Morgan fingerprint density at radius 1 is 1.24 bits per heavy atom. The van der Waals surface area contributed by atoms with Crippen molar-refractivity contribution < 1.29 is 9.53 Å². The number of hydrogen-bond donors (Lipinski definition) is 0. The third kappa shape index (κ3) is 3.75. The van der Waals surface area contributed by atoms with Crippen molar-refractivity contribution in [3.05, 3.63) is 63.1 Å². The molecule has 0 radical (unpaired) electrons. The highest BCUT2D eigenvalue weighted by Gasteiger charge is 2.14. The van der Waals surface area contributed by atoms with E-state index in [2.05, 4.69) is 0 Å². The molecule has 5 heteroatoms. The molecule has 2 rings (SSSR count). The van der Waals surface area contributed by atoms with Crippen LogP contribution in [0.3, 0.4) is 0 Å². The van der Waals surface area contributed by atoms with Crippen molar-refractivity contribution in [2.75, 3.05) is 0 Å². The van der Waals surface area contributed by atoms with E-state index >= 15 is 0 Å². The third-order valence-corrected chi connectivity index (χ3v) is 3.47. The fourth-order valence-electron chi connectivity index (χ4n) is 1.94. The number of carbonyl (C=O) groups excluding carboxylic acids is 1. The molecule has 0 unspecified atom stereocenters. The van der Waals surface area contributed by atoms with Crippen LogP contribution in [0.5, 0.6) is 5.75 Å². The summed E-state index contributed by atoms with van der Waals surface area (Å²) >= 11 is 12.2. The second-order valence-corrected chi connectivity index (χ2v) is 5.24. The maximum absolute atomic E-state index is 11.0. The van der Waals surface area contributed by atoms with Gasteiger partial charge >= 0.3 is 5.97 Å². The summed E-state index contributed by atoms with van der Waals surface area (Å²) in [6.45, 7) is 1.26. The van der Waals surface area contributed by atoms with E-state index in [-0.39, 0.29) is 16.3 Å². The molecule has 0 amide bonds. The number of rotatable bonds is 3. The van der Waals surface area contributed by atoms with Gasteiger partial charge in [-0.05, 0) is 35.7 Å². The summed E-state index contributed by atoms with van der Waals surface area (Å²) in [7, 11) is 0. The molecule has 106 valence electrons. The van der Waals surface area contributed by atoms with E-state index in [1.807, 2.05) is 24.3 Å². The summed E-state index contributed by atoms with van der Waals surface area (Å²) < 4.78 is 4.98. The molecular formula is C16H11Cl2NO2. The van der Waals surface area contributed by atoms with Crippen LogP contribution in [0, 0.1) is 11.3 Å². The highest BCUT2D eigenvalue weighted by atomic mass is 35.5. The van der Waals surface area contributed by atoms with Crippen LogP contribution in [0.15, 0.2) is 36.4 Å². The second kappa shape index (κ2) is 6.62. The van der Waals surface area contributed by atoms with Gasteiger partial charge in [0.15, 0.2) is 5.75 Å². The first-order valence-electron chi connectivity index (χ1n) is 6.15. The molecule has 3 nitrogen and oxygen atoms in total. The Hall–Kier alpha value is -2.02. The van der Waals surface area contributed by atoms with Gasteiger partial charge in [0.05, 0.1) is 10.6 Å². The maximum atomic E-state index is 11.0. The van der Waals surface area contributed by atoms with Crippen molar-refractivity contribution in [1.82, 2.24) is 0 Å². The lowest BCUT2D eigenvalue weighted by Gasteiger charge is -2.10. The molecule has 0 heterocycles. The number of benzene rings is 2. The lowest BCUT2D eigenvalue weighted by molar-refractivity contribution is -0.131. The smallest absolute Gasteiger partial charge is 0.308 e. The number of hydrogen-bond acceptors (Lipinski definition) is 3. The predicted molar refractivity (Wildman–Crippen MR) is 81.7 cm³/mol. The van der Waals surface area contributed by atoms with Crippen molar-refractivity contribution in [1.29, 1.82) is 5.26 Å². The molecule has 2 aromatic carbocycles. The summed E-state index contributed by atoms with van der Waals surface area (Å²) in [6, 6.07) is 12.8. The molecule has 0 fully saturated rings. The maximum Gasteiger partial charge on any atom is 0.308 e. The molecule has 0 aliphatic heterocycles. The summed E-state index contributed by atoms with van der Waals surface area (Å²) in [5.74, 6) is -0.429. The second-order valence-electron chi connectivity index (χ2n) is 4.43. The van der Waals surface area contributed by atoms with Crippen LogP contribution in [-0.2, 0) is 11.2 Å². The third-order valence-electron chi connectivity index (χ3n) is 2.82. The van der Waals surface area contributed by atoms with Gasteiger partial charge in [0.1, 0.15) is 6.07 Å². The quantitative estimate of drug-likeness (QED) is 0.623. The van der Waals surface area contributed by atoms with Crippen molar-refractivity contribution in [2.24, 2.45) is 0 Å². The summed E-state index contributed by atoms with van der Waals surface area (Å²) in [4.78, 5) is 11.0. The van der Waals surface area contributed by atoms with E-state index in [0.717, 1.165) is 11.1 Å². The summed E-state index contributed by atoms with van der Waals surface area (Å²) in [5, 5.41) is 10.1. The fraction of sp³-hybridized carbons (Fsp3) is 0.125. The predicted octanol–water partition coefficient (Wildman–Crippen LogP) is 4.38. The van der Waals surface area contributed by atoms with Crippen molar-refractivity contribution in [2.45, 2.75) is 13.3 Å². The van der Waals surface area contributed by atoms with E-state index in [4.69, 9.17) is 27.9 Å². The molecular weight excluding hydrogens is 309 g/mol. The molecule has 0 saturated heterocycles. The van der Waals surface area contributed by atoms with Crippen LogP contribution < -0.4 is 4.74 Å². The Kier molecular flexibility index (Phi) is 4.85. The standard InChI is InChI=1S/C16H11Cl2NO2/c1-10(20)21-16-13(9-19)7-11(8-15(16)18)6-12-4-2-3-5-14(12)17/h2-5,7-8H,6H2,1H3. The van der Waals surface area contributed by atoms with Gasteiger partial charge in [-0.1, -0.05) is 41.4 Å². The van der Waals surface area contributed by atoms with Crippen molar-refractivity contribution in [3.8, 4) is 11.8 Å². The number of nitriles is 1. The minimum atomic E-state index is -0.521. The minimum absolute atomic E-state index is 0.0922.